The standard InChI is InChI=1S/C12H19ClN4O2/c1-2-19-12-16-10(13)15-11(17-12)14-7-8-5-3-4-6-9(8)18/h8-9,18H,2-7H2,1H3,(H,14,15,16,17). The molecule has 6 nitrogen and oxygen atoms in total. The fourth-order valence-electron chi connectivity index (χ4n) is 2.25. The van der Waals surface area contributed by atoms with Crippen LogP contribution in [0.2, 0.25) is 5.28 Å². The van der Waals surface area contributed by atoms with Gasteiger partial charge < -0.3 is 15.2 Å². The smallest absolute Gasteiger partial charge is 0.322 e. The van der Waals surface area contributed by atoms with Crippen LogP contribution >= 0.6 is 11.6 Å². The first-order chi connectivity index (χ1) is 9.19. The van der Waals surface area contributed by atoms with Crippen LogP contribution in [0.5, 0.6) is 6.01 Å². The van der Waals surface area contributed by atoms with Crippen LogP contribution in [0.25, 0.3) is 0 Å². The van der Waals surface area contributed by atoms with Crippen LogP contribution in [0.4, 0.5) is 5.95 Å². The number of aromatic nitrogens is 3. The fourth-order valence-corrected chi connectivity index (χ4v) is 2.41. The molecule has 0 bridgehead atoms. The number of ether oxygens (including phenoxy) is 1. The van der Waals surface area contributed by atoms with E-state index in [2.05, 4.69) is 20.3 Å². The van der Waals surface area contributed by atoms with E-state index in [9.17, 15) is 5.11 Å². The maximum absolute atomic E-state index is 9.90. The second-order valence-corrected chi connectivity index (χ2v) is 4.97. The first-order valence-corrected chi connectivity index (χ1v) is 7.03. The Bertz CT molecular complexity index is 419. The molecule has 0 amide bonds. The molecule has 106 valence electrons. The van der Waals surface area contributed by atoms with E-state index in [0.29, 0.717) is 19.1 Å². The lowest BCUT2D eigenvalue weighted by Gasteiger charge is -2.27. The molecule has 0 aliphatic heterocycles. The molecule has 1 aliphatic rings. The van der Waals surface area contributed by atoms with Gasteiger partial charge in [0.2, 0.25) is 11.2 Å². The predicted octanol–water partition coefficient (Wildman–Crippen LogP) is 1.89. The number of rotatable bonds is 5. The summed E-state index contributed by atoms with van der Waals surface area (Å²) in [6.45, 7) is 2.96. The summed E-state index contributed by atoms with van der Waals surface area (Å²) in [5, 5.41) is 13.1. The second kappa shape index (κ2) is 6.86. The van der Waals surface area contributed by atoms with Gasteiger partial charge in [0.15, 0.2) is 0 Å². The van der Waals surface area contributed by atoms with Gasteiger partial charge in [-0.15, -0.1) is 0 Å². The minimum atomic E-state index is -0.245. The van der Waals surface area contributed by atoms with Crippen molar-refractivity contribution < 1.29 is 9.84 Å². The number of hydrogen-bond acceptors (Lipinski definition) is 6. The van der Waals surface area contributed by atoms with Crippen molar-refractivity contribution in [2.45, 2.75) is 38.7 Å². The Kier molecular flexibility index (Phi) is 5.15. The first-order valence-electron chi connectivity index (χ1n) is 6.65. The van der Waals surface area contributed by atoms with Crippen LogP contribution < -0.4 is 10.1 Å². The van der Waals surface area contributed by atoms with E-state index >= 15 is 0 Å². The van der Waals surface area contributed by atoms with E-state index < -0.39 is 0 Å². The summed E-state index contributed by atoms with van der Waals surface area (Å²) in [5.41, 5.74) is 0. The molecule has 0 spiro atoms. The molecule has 1 aromatic rings. The van der Waals surface area contributed by atoms with Crippen molar-refractivity contribution in [3.63, 3.8) is 0 Å². The van der Waals surface area contributed by atoms with Crippen LogP contribution in [-0.4, -0.2) is 39.3 Å². The van der Waals surface area contributed by atoms with Gasteiger partial charge in [-0.3, -0.25) is 0 Å². The summed E-state index contributed by atoms with van der Waals surface area (Å²) in [5.74, 6) is 0.626. The van der Waals surface area contributed by atoms with Gasteiger partial charge in [-0.05, 0) is 31.4 Å². The Morgan fingerprint density at radius 1 is 1.32 bits per heavy atom. The molecule has 0 radical (unpaired) electrons. The minimum absolute atomic E-state index is 0.102. The first kappa shape index (κ1) is 14.3. The molecule has 2 rings (SSSR count). The van der Waals surface area contributed by atoms with E-state index in [1.807, 2.05) is 6.92 Å². The van der Waals surface area contributed by atoms with Crippen molar-refractivity contribution >= 4 is 17.5 Å². The lowest BCUT2D eigenvalue weighted by atomic mass is 9.86. The van der Waals surface area contributed by atoms with Gasteiger partial charge in [0.1, 0.15) is 0 Å². The maximum Gasteiger partial charge on any atom is 0.322 e. The molecule has 1 heterocycles. The Morgan fingerprint density at radius 3 is 2.84 bits per heavy atom. The van der Waals surface area contributed by atoms with Crippen molar-refractivity contribution in [2.75, 3.05) is 18.5 Å². The topological polar surface area (TPSA) is 80.2 Å². The van der Waals surface area contributed by atoms with Gasteiger partial charge >= 0.3 is 6.01 Å². The minimum Gasteiger partial charge on any atom is -0.464 e. The molecule has 2 N–H and O–H groups in total. The van der Waals surface area contributed by atoms with E-state index in [4.69, 9.17) is 16.3 Å². The number of hydrogen-bond donors (Lipinski definition) is 2. The van der Waals surface area contributed by atoms with Crippen molar-refractivity contribution in [3.8, 4) is 6.01 Å². The number of aliphatic hydroxyl groups is 1. The highest BCUT2D eigenvalue weighted by molar-refractivity contribution is 6.28. The van der Waals surface area contributed by atoms with Gasteiger partial charge in [0.05, 0.1) is 12.7 Å². The molecule has 2 unspecified atom stereocenters. The van der Waals surface area contributed by atoms with Gasteiger partial charge in [-0.25, -0.2) is 0 Å². The van der Waals surface area contributed by atoms with Crippen molar-refractivity contribution in [2.24, 2.45) is 5.92 Å². The summed E-state index contributed by atoms with van der Waals surface area (Å²) in [7, 11) is 0. The highest BCUT2D eigenvalue weighted by atomic mass is 35.5. The molecular formula is C12H19ClN4O2. The fraction of sp³-hybridized carbons (Fsp3) is 0.750. The maximum atomic E-state index is 9.90. The van der Waals surface area contributed by atoms with E-state index in [0.717, 1.165) is 25.7 Å². The lowest BCUT2D eigenvalue weighted by Crippen LogP contribution is -2.30. The number of aliphatic hydroxyl groups excluding tert-OH is 1. The van der Waals surface area contributed by atoms with E-state index in [-0.39, 0.29) is 23.3 Å². The largest absolute Gasteiger partial charge is 0.464 e. The summed E-state index contributed by atoms with van der Waals surface area (Å²) >= 11 is 5.80. The molecule has 7 heteroatoms. The SMILES string of the molecule is CCOc1nc(Cl)nc(NCC2CCCCC2O)n1. The van der Waals surface area contributed by atoms with E-state index in [1.54, 1.807) is 0 Å². The Labute approximate surface area is 117 Å². The van der Waals surface area contributed by atoms with Crippen LogP contribution in [-0.2, 0) is 0 Å². The highest BCUT2D eigenvalue weighted by Crippen LogP contribution is 2.24. The molecule has 1 fully saturated rings. The molecule has 0 saturated heterocycles. The molecular weight excluding hydrogens is 268 g/mol. The number of nitrogens with one attached hydrogen (secondary N) is 1. The number of halogens is 1. The third kappa shape index (κ3) is 4.18. The third-order valence-electron chi connectivity index (χ3n) is 3.25. The Balaban J connectivity index is 1.94. The Morgan fingerprint density at radius 2 is 2.11 bits per heavy atom. The number of anilines is 1. The normalized spacial score (nSPS) is 23.1. The zero-order valence-electron chi connectivity index (χ0n) is 11.0. The van der Waals surface area contributed by atoms with Gasteiger partial charge in [-0.2, -0.15) is 15.0 Å². The monoisotopic (exact) mass is 286 g/mol. The molecule has 1 aliphatic carbocycles. The van der Waals surface area contributed by atoms with Crippen molar-refractivity contribution in [1.82, 2.24) is 15.0 Å². The quantitative estimate of drug-likeness (QED) is 0.860. The summed E-state index contributed by atoms with van der Waals surface area (Å²) in [6, 6.07) is 0.217. The van der Waals surface area contributed by atoms with Crippen LogP contribution in [0.3, 0.4) is 0 Å². The molecule has 2 atom stereocenters. The lowest BCUT2D eigenvalue weighted by molar-refractivity contribution is 0.0762. The van der Waals surface area contributed by atoms with Gasteiger partial charge in [-0.1, -0.05) is 12.8 Å². The van der Waals surface area contributed by atoms with Gasteiger partial charge in [0.25, 0.3) is 0 Å². The summed E-state index contributed by atoms with van der Waals surface area (Å²) in [4.78, 5) is 12.0. The molecule has 0 aromatic carbocycles. The second-order valence-electron chi connectivity index (χ2n) is 4.64. The number of nitrogens with zero attached hydrogens (tertiary/aromatic N) is 3. The van der Waals surface area contributed by atoms with Crippen molar-refractivity contribution in [1.29, 1.82) is 0 Å². The zero-order valence-corrected chi connectivity index (χ0v) is 11.7. The highest BCUT2D eigenvalue weighted by Gasteiger charge is 2.23. The van der Waals surface area contributed by atoms with Crippen LogP contribution in [0.1, 0.15) is 32.6 Å². The zero-order chi connectivity index (χ0) is 13.7. The summed E-state index contributed by atoms with van der Waals surface area (Å²) in [6.07, 6.45) is 3.90. The average Bonchev–Trinajstić information content (AvgIpc) is 2.37. The Hall–Kier alpha value is -1.14. The van der Waals surface area contributed by atoms with Crippen molar-refractivity contribution in [3.05, 3.63) is 5.28 Å². The average molecular weight is 287 g/mol. The molecule has 19 heavy (non-hydrogen) atoms. The molecule has 1 aromatic heterocycles. The van der Waals surface area contributed by atoms with Crippen LogP contribution in [0.15, 0.2) is 0 Å². The van der Waals surface area contributed by atoms with Gasteiger partial charge in [0, 0.05) is 12.5 Å². The third-order valence-corrected chi connectivity index (χ3v) is 3.42. The van der Waals surface area contributed by atoms with E-state index in [1.165, 1.54) is 0 Å². The predicted molar refractivity (Wildman–Crippen MR) is 72.5 cm³/mol. The molecule has 1 saturated carbocycles. The summed E-state index contributed by atoms with van der Waals surface area (Å²) < 4.78 is 5.20. The van der Waals surface area contributed by atoms with Crippen LogP contribution in [0, 0.1) is 5.92 Å².